The van der Waals surface area contributed by atoms with E-state index in [1.807, 2.05) is 11.6 Å². The molecule has 1 aromatic heterocycles. The van der Waals surface area contributed by atoms with E-state index in [9.17, 15) is 4.79 Å². The van der Waals surface area contributed by atoms with Gasteiger partial charge in [-0.1, -0.05) is 25.5 Å². The molecule has 6 nitrogen and oxygen atoms in total. The van der Waals surface area contributed by atoms with Gasteiger partial charge in [-0.2, -0.15) is 0 Å². The van der Waals surface area contributed by atoms with Gasteiger partial charge in [-0.05, 0) is 58.5 Å². The van der Waals surface area contributed by atoms with Crippen molar-refractivity contribution in [3.8, 4) is 0 Å². The maximum atomic E-state index is 13.2. The lowest BCUT2D eigenvalue weighted by atomic mass is 9.98. The topological polar surface area (TPSA) is 63.1 Å². The van der Waals surface area contributed by atoms with E-state index in [4.69, 9.17) is 0 Å². The number of piperidine rings is 1. The van der Waals surface area contributed by atoms with Crippen LogP contribution in [0.4, 0.5) is 0 Å². The third kappa shape index (κ3) is 4.17. The van der Waals surface area contributed by atoms with Crippen LogP contribution in [0, 0.1) is 12.8 Å². The van der Waals surface area contributed by atoms with E-state index in [0.717, 1.165) is 50.9 Å². The van der Waals surface area contributed by atoms with Crippen LogP contribution < -0.4 is 5.32 Å². The highest BCUT2D eigenvalue weighted by atomic mass is 35.5. The number of aromatic nitrogens is 3. The van der Waals surface area contributed by atoms with Crippen LogP contribution >= 0.6 is 12.4 Å². The first-order chi connectivity index (χ1) is 11.5. The number of halogens is 1. The molecule has 1 amide bonds. The number of hydrogen-bond acceptors (Lipinski definition) is 4. The van der Waals surface area contributed by atoms with Crippen molar-refractivity contribution in [2.24, 2.45) is 5.92 Å². The Morgan fingerprint density at radius 1 is 1.28 bits per heavy atom. The molecule has 0 spiro atoms. The summed E-state index contributed by atoms with van der Waals surface area (Å²) < 4.78 is 1.98. The second-order valence-electron chi connectivity index (χ2n) is 7.52. The van der Waals surface area contributed by atoms with Crippen LogP contribution in [0.2, 0.25) is 0 Å². The molecule has 142 valence electrons. The summed E-state index contributed by atoms with van der Waals surface area (Å²) in [5.41, 5.74) is 1.48. The summed E-state index contributed by atoms with van der Waals surface area (Å²) in [6, 6.07) is 1.00. The smallest absolute Gasteiger partial charge is 0.276 e. The Balaban J connectivity index is 0.00000225. The highest BCUT2D eigenvalue weighted by Crippen LogP contribution is 2.33. The fourth-order valence-corrected chi connectivity index (χ4v) is 3.71. The van der Waals surface area contributed by atoms with Gasteiger partial charge in [-0.15, -0.1) is 17.5 Å². The number of carbonyl (C=O) groups excluding carboxylic acids is 1. The third-order valence-corrected chi connectivity index (χ3v) is 5.87. The standard InChI is InChI=1S/C18H31N5O.ClH/c1-5-12(2)13(3)22(15-6-7-15)18(24)17-14(4)23(21-20-17)16-8-10-19-11-9-16;/h12-13,15-16,19H,5-11H2,1-4H3;1H. The second-order valence-corrected chi connectivity index (χ2v) is 7.52. The van der Waals surface area contributed by atoms with Crippen LogP contribution in [0.15, 0.2) is 0 Å². The molecule has 3 rings (SSSR count). The largest absolute Gasteiger partial charge is 0.331 e. The quantitative estimate of drug-likeness (QED) is 0.837. The van der Waals surface area contributed by atoms with Gasteiger partial charge < -0.3 is 10.2 Å². The first kappa shape index (κ1) is 20.2. The Hall–Kier alpha value is -1.14. The van der Waals surface area contributed by atoms with Gasteiger partial charge in [-0.25, -0.2) is 4.68 Å². The normalized spacial score (nSPS) is 20.6. The maximum Gasteiger partial charge on any atom is 0.276 e. The fraction of sp³-hybridized carbons (Fsp3) is 0.833. The van der Waals surface area contributed by atoms with E-state index >= 15 is 0 Å². The zero-order valence-electron chi connectivity index (χ0n) is 15.9. The molecule has 1 aliphatic heterocycles. The predicted molar refractivity (Wildman–Crippen MR) is 101 cm³/mol. The molecule has 2 atom stereocenters. The number of nitrogens with one attached hydrogen (secondary N) is 1. The molecule has 25 heavy (non-hydrogen) atoms. The number of carbonyl (C=O) groups is 1. The van der Waals surface area contributed by atoms with Gasteiger partial charge in [0.25, 0.3) is 5.91 Å². The summed E-state index contributed by atoms with van der Waals surface area (Å²) in [6.07, 6.45) is 5.42. The van der Waals surface area contributed by atoms with Crippen molar-refractivity contribution in [1.29, 1.82) is 0 Å². The molecule has 1 saturated carbocycles. The van der Waals surface area contributed by atoms with Crippen LogP contribution in [-0.4, -0.2) is 51.0 Å². The predicted octanol–water partition coefficient (Wildman–Crippen LogP) is 2.97. The van der Waals surface area contributed by atoms with Crippen LogP contribution in [0.25, 0.3) is 0 Å². The van der Waals surface area contributed by atoms with Crippen LogP contribution in [-0.2, 0) is 0 Å². The van der Waals surface area contributed by atoms with Gasteiger partial charge in [0.15, 0.2) is 5.69 Å². The van der Waals surface area contributed by atoms with E-state index in [0.29, 0.717) is 23.7 Å². The summed E-state index contributed by atoms with van der Waals surface area (Å²) in [5.74, 6) is 0.567. The summed E-state index contributed by atoms with van der Waals surface area (Å²) >= 11 is 0. The number of amides is 1. The van der Waals surface area contributed by atoms with Crippen LogP contribution in [0.1, 0.15) is 75.1 Å². The molecule has 0 bridgehead atoms. The van der Waals surface area contributed by atoms with Crippen molar-refractivity contribution >= 4 is 18.3 Å². The zero-order chi connectivity index (χ0) is 17.3. The van der Waals surface area contributed by atoms with Crippen molar-refractivity contribution in [2.75, 3.05) is 13.1 Å². The Kier molecular flexibility index (Phi) is 6.86. The molecule has 2 unspecified atom stereocenters. The molecule has 2 aliphatic rings. The summed E-state index contributed by atoms with van der Waals surface area (Å²) in [4.78, 5) is 15.3. The number of hydrogen-bond donors (Lipinski definition) is 1. The lowest BCUT2D eigenvalue weighted by molar-refractivity contribution is 0.0608. The molecule has 1 aromatic rings. The van der Waals surface area contributed by atoms with Crippen molar-refractivity contribution in [2.45, 2.75) is 77.9 Å². The third-order valence-electron chi connectivity index (χ3n) is 5.87. The molecular formula is C18H32ClN5O. The molecule has 1 saturated heterocycles. The summed E-state index contributed by atoms with van der Waals surface area (Å²) in [5, 5.41) is 12.0. The van der Waals surface area contributed by atoms with Crippen LogP contribution in [0.3, 0.4) is 0 Å². The monoisotopic (exact) mass is 369 g/mol. The molecule has 0 radical (unpaired) electrons. The van der Waals surface area contributed by atoms with Gasteiger partial charge in [0.05, 0.1) is 11.7 Å². The van der Waals surface area contributed by atoms with Gasteiger partial charge in [-0.3, -0.25) is 4.79 Å². The molecular weight excluding hydrogens is 338 g/mol. The minimum Gasteiger partial charge on any atom is -0.331 e. The van der Waals surface area contributed by atoms with E-state index in [2.05, 4.69) is 41.3 Å². The highest BCUT2D eigenvalue weighted by Gasteiger charge is 2.39. The first-order valence-electron chi connectivity index (χ1n) is 9.49. The Labute approximate surface area is 157 Å². The minimum atomic E-state index is 0. The molecule has 2 heterocycles. The first-order valence-corrected chi connectivity index (χ1v) is 9.49. The zero-order valence-corrected chi connectivity index (χ0v) is 16.7. The van der Waals surface area contributed by atoms with E-state index in [-0.39, 0.29) is 24.4 Å². The average molecular weight is 370 g/mol. The van der Waals surface area contributed by atoms with Crippen LogP contribution in [0.5, 0.6) is 0 Å². The lowest BCUT2D eigenvalue weighted by Crippen LogP contribution is -2.44. The fourth-order valence-electron chi connectivity index (χ4n) is 3.71. The molecule has 1 aliphatic carbocycles. The van der Waals surface area contributed by atoms with Gasteiger partial charge in [0, 0.05) is 12.1 Å². The summed E-state index contributed by atoms with van der Waals surface area (Å²) in [6.45, 7) is 10.6. The summed E-state index contributed by atoms with van der Waals surface area (Å²) in [7, 11) is 0. The SMILES string of the molecule is CCC(C)C(C)N(C(=O)c1nnn(C2CCNCC2)c1C)C1CC1.Cl. The van der Waals surface area contributed by atoms with Crippen molar-refractivity contribution in [3.63, 3.8) is 0 Å². The average Bonchev–Trinajstić information content (AvgIpc) is 3.36. The van der Waals surface area contributed by atoms with Crippen molar-refractivity contribution < 1.29 is 4.79 Å². The van der Waals surface area contributed by atoms with E-state index < -0.39 is 0 Å². The number of rotatable bonds is 6. The Morgan fingerprint density at radius 2 is 1.92 bits per heavy atom. The Bertz CT molecular complexity index is 580. The second kappa shape index (κ2) is 8.49. The number of nitrogens with zero attached hydrogens (tertiary/aromatic N) is 4. The maximum absolute atomic E-state index is 13.2. The van der Waals surface area contributed by atoms with Gasteiger partial charge >= 0.3 is 0 Å². The Morgan fingerprint density at radius 3 is 2.48 bits per heavy atom. The highest BCUT2D eigenvalue weighted by molar-refractivity contribution is 5.93. The van der Waals surface area contributed by atoms with Gasteiger partial charge in [0.1, 0.15) is 0 Å². The molecule has 7 heteroatoms. The minimum absolute atomic E-state index is 0. The molecule has 2 fully saturated rings. The van der Waals surface area contributed by atoms with Crippen molar-refractivity contribution in [3.05, 3.63) is 11.4 Å². The van der Waals surface area contributed by atoms with Gasteiger partial charge in [0.2, 0.25) is 0 Å². The van der Waals surface area contributed by atoms with Crippen molar-refractivity contribution in [1.82, 2.24) is 25.2 Å². The molecule has 0 aromatic carbocycles. The lowest BCUT2D eigenvalue weighted by Gasteiger charge is -2.33. The van der Waals surface area contributed by atoms with E-state index in [1.54, 1.807) is 0 Å². The molecule has 1 N–H and O–H groups in total. The van der Waals surface area contributed by atoms with E-state index in [1.165, 1.54) is 0 Å².